The third-order valence-electron chi connectivity index (χ3n) is 4.36. The third kappa shape index (κ3) is 4.51. The molecule has 0 bridgehead atoms. The second kappa shape index (κ2) is 8.47. The summed E-state index contributed by atoms with van der Waals surface area (Å²) in [5.41, 5.74) is 3.64. The number of amides is 1. The molecule has 2 aromatic rings. The molecular formula is C20H26N2O3S. The van der Waals surface area contributed by atoms with E-state index in [0.29, 0.717) is 5.56 Å². The summed E-state index contributed by atoms with van der Waals surface area (Å²) in [6.07, 6.45) is 0.801. The molecule has 140 valence electrons. The molecule has 2 aromatic carbocycles. The molecule has 0 aromatic heterocycles. The Morgan fingerprint density at radius 2 is 1.69 bits per heavy atom. The van der Waals surface area contributed by atoms with Crippen LogP contribution in [0, 0.1) is 13.8 Å². The molecular weight excluding hydrogens is 348 g/mol. The molecule has 0 radical (unpaired) electrons. The van der Waals surface area contributed by atoms with Crippen molar-refractivity contribution in [3.05, 3.63) is 59.2 Å². The summed E-state index contributed by atoms with van der Waals surface area (Å²) in [5.74, 6) is -0.107. The molecule has 0 spiro atoms. The van der Waals surface area contributed by atoms with E-state index in [1.165, 1.54) is 6.92 Å². The normalized spacial score (nSPS) is 11.4. The van der Waals surface area contributed by atoms with Crippen molar-refractivity contribution in [3.8, 4) is 0 Å². The summed E-state index contributed by atoms with van der Waals surface area (Å²) in [5, 5.41) is 0. The standard InChI is InChI=1S/C20H26N2O3S/c1-5-18-11-8-10-16(3)20(18)22(17(4)23)14-13-21-26(24,25)19-12-7-6-9-15(19)2/h6-12,21H,5,13-14H2,1-4H3. The van der Waals surface area contributed by atoms with Crippen LogP contribution in [-0.4, -0.2) is 27.4 Å². The molecule has 1 amide bonds. The van der Waals surface area contributed by atoms with Crippen molar-refractivity contribution >= 4 is 21.6 Å². The molecule has 6 heteroatoms. The predicted molar refractivity (Wildman–Crippen MR) is 105 cm³/mol. The second-order valence-electron chi connectivity index (χ2n) is 6.27. The fourth-order valence-corrected chi connectivity index (χ4v) is 4.31. The number of nitrogens with one attached hydrogen (secondary N) is 1. The maximum absolute atomic E-state index is 12.5. The number of carbonyl (C=O) groups is 1. The molecule has 0 unspecified atom stereocenters. The lowest BCUT2D eigenvalue weighted by atomic mass is 10.0. The van der Waals surface area contributed by atoms with Gasteiger partial charge in [0.25, 0.3) is 0 Å². The first-order valence-electron chi connectivity index (χ1n) is 8.69. The number of aryl methyl sites for hydroxylation is 3. The number of sulfonamides is 1. The number of benzene rings is 2. The van der Waals surface area contributed by atoms with Crippen LogP contribution in [0.2, 0.25) is 0 Å². The van der Waals surface area contributed by atoms with E-state index in [1.807, 2.05) is 32.0 Å². The van der Waals surface area contributed by atoms with Gasteiger partial charge in [-0.1, -0.05) is 43.3 Å². The molecule has 0 aliphatic rings. The first kappa shape index (κ1) is 20.1. The summed E-state index contributed by atoms with van der Waals surface area (Å²) >= 11 is 0. The molecule has 0 heterocycles. The van der Waals surface area contributed by atoms with Gasteiger partial charge in [0.05, 0.1) is 4.90 Å². The number of nitrogens with zero attached hydrogens (tertiary/aromatic N) is 1. The number of hydrogen-bond donors (Lipinski definition) is 1. The van der Waals surface area contributed by atoms with E-state index in [-0.39, 0.29) is 23.9 Å². The molecule has 5 nitrogen and oxygen atoms in total. The Morgan fingerprint density at radius 1 is 1.04 bits per heavy atom. The third-order valence-corrected chi connectivity index (χ3v) is 5.98. The number of rotatable bonds is 7. The van der Waals surface area contributed by atoms with Crippen LogP contribution >= 0.6 is 0 Å². The van der Waals surface area contributed by atoms with Crippen LogP contribution in [0.4, 0.5) is 5.69 Å². The maximum Gasteiger partial charge on any atom is 0.240 e. The Kier molecular flexibility index (Phi) is 6.56. The zero-order valence-corrected chi connectivity index (χ0v) is 16.6. The molecule has 0 saturated carbocycles. The number of anilines is 1. The van der Waals surface area contributed by atoms with Gasteiger partial charge in [-0.05, 0) is 43.0 Å². The van der Waals surface area contributed by atoms with Crippen molar-refractivity contribution in [2.45, 2.75) is 39.0 Å². The van der Waals surface area contributed by atoms with E-state index in [2.05, 4.69) is 4.72 Å². The van der Waals surface area contributed by atoms with Crippen molar-refractivity contribution in [1.29, 1.82) is 0 Å². The number of carbonyl (C=O) groups excluding carboxylic acids is 1. The Labute approximate surface area is 156 Å². The van der Waals surface area contributed by atoms with Gasteiger partial charge >= 0.3 is 0 Å². The van der Waals surface area contributed by atoms with Gasteiger partial charge in [-0.25, -0.2) is 13.1 Å². The minimum absolute atomic E-state index is 0.107. The van der Waals surface area contributed by atoms with Crippen molar-refractivity contribution in [1.82, 2.24) is 4.72 Å². The quantitative estimate of drug-likeness (QED) is 0.809. The summed E-state index contributed by atoms with van der Waals surface area (Å²) < 4.78 is 27.6. The zero-order chi connectivity index (χ0) is 19.3. The fraction of sp³-hybridized carbons (Fsp3) is 0.350. The maximum atomic E-state index is 12.5. The van der Waals surface area contributed by atoms with Crippen LogP contribution in [0.25, 0.3) is 0 Å². The van der Waals surface area contributed by atoms with E-state index in [1.54, 1.807) is 36.1 Å². The Bertz CT molecular complexity index is 892. The van der Waals surface area contributed by atoms with E-state index in [0.717, 1.165) is 23.2 Å². The average molecular weight is 375 g/mol. The van der Waals surface area contributed by atoms with Gasteiger partial charge in [0.15, 0.2) is 0 Å². The molecule has 0 saturated heterocycles. The summed E-state index contributed by atoms with van der Waals surface area (Å²) in [6.45, 7) is 7.68. The van der Waals surface area contributed by atoms with Gasteiger partial charge in [-0.2, -0.15) is 0 Å². The largest absolute Gasteiger partial charge is 0.311 e. The van der Waals surface area contributed by atoms with Gasteiger partial charge in [0, 0.05) is 25.7 Å². The smallest absolute Gasteiger partial charge is 0.240 e. The average Bonchev–Trinajstić information content (AvgIpc) is 2.59. The Balaban J connectivity index is 2.19. The Morgan fingerprint density at radius 3 is 2.31 bits per heavy atom. The lowest BCUT2D eigenvalue weighted by Gasteiger charge is -2.26. The van der Waals surface area contributed by atoms with Crippen LogP contribution in [0.1, 0.15) is 30.5 Å². The van der Waals surface area contributed by atoms with Crippen molar-refractivity contribution in [3.63, 3.8) is 0 Å². The topological polar surface area (TPSA) is 66.5 Å². The second-order valence-corrected chi connectivity index (χ2v) is 8.01. The van der Waals surface area contributed by atoms with Crippen LogP contribution in [0.15, 0.2) is 47.4 Å². The summed E-state index contributed by atoms with van der Waals surface area (Å²) in [6, 6.07) is 12.8. The molecule has 1 N–H and O–H groups in total. The van der Waals surface area contributed by atoms with E-state index < -0.39 is 10.0 Å². The van der Waals surface area contributed by atoms with Crippen molar-refractivity contribution in [2.24, 2.45) is 0 Å². The highest BCUT2D eigenvalue weighted by Gasteiger charge is 2.19. The lowest BCUT2D eigenvalue weighted by Crippen LogP contribution is -2.38. The van der Waals surface area contributed by atoms with Gasteiger partial charge in [-0.3, -0.25) is 4.79 Å². The van der Waals surface area contributed by atoms with Gasteiger partial charge in [0.1, 0.15) is 0 Å². The highest BCUT2D eigenvalue weighted by atomic mass is 32.2. The van der Waals surface area contributed by atoms with E-state index >= 15 is 0 Å². The highest BCUT2D eigenvalue weighted by Crippen LogP contribution is 2.26. The van der Waals surface area contributed by atoms with E-state index in [9.17, 15) is 13.2 Å². The lowest BCUT2D eigenvalue weighted by molar-refractivity contribution is -0.116. The van der Waals surface area contributed by atoms with Crippen LogP contribution in [-0.2, 0) is 21.2 Å². The van der Waals surface area contributed by atoms with Gasteiger partial charge in [-0.15, -0.1) is 0 Å². The van der Waals surface area contributed by atoms with Crippen molar-refractivity contribution in [2.75, 3.05) is 18.0 Å². The molecule has 0 fully saturated rings. The first-order valence-corrected chi connectivity index (χ1v) is 10.2. The first-order chi connectivity index (χ1) is 12.3. The molecule has 0 atom stereocenters. The summed E-state index contributed by atoms with van der Waals surface area (Å²) in [7, 11) is -3.61. The monoisotopic (exact) mass is 374 g/mol. The molecule has 0 aliphatic heterocycles. The molecule has 2 rings (SSSR count). The minimum atomic E-state index is -3.61. The number of para-hydroxylation sites is 1. The highest BCUT2D eigenvalue weighted by molar-refractivity contribution is 7.89. The van der Waals surface area contributed by atoms with E-state index in [4.69, 9.17) is 0 Å². The zero-order valence-electron chi connectivity index (χ0n) is 15.7. The molecule has 26 heavy (non-hydrogen) atoms. The van der Waals surface area contributed by atoms with Crippen molar-refractivity contribution < 1.29 is 13.2 Å². The Hall–Kier alpha value is -2.18. The van der Waals surface area contributed by atoms with Crippen LogP contribution in [0.3, 0.4) is 0 Å². The minimum Gasteiger partial charge on any atom is -0.311 e. The van der Waals surface area contributed by atoms with Crippen LogP contribution < -0.4 is 9.62 Å². The van der Waals surface area contributed by atoms with Crippen LogP contribution in [0.5, 0.6) is 0 Å². The predicted octanol–water partition coefficient (Wildman–Crippen LogP) is 3.20. The van der Waals surface area contributed by atoms with Gasteiger partial charge < -0.3 is 4.90 Å². The SMILES string of the molecule is CCc1cccc(C)c1N(CCNS(=O)(=O)c1ccccc1C)C(C)=O. The number of hydrogen-bond acceptors (Lipinski definition) is 3. The fourth-order valence-electron chi connectivity index (χ4n) is 3.05. The molecule has 0 aliphatic carbocycles. The summed E-state index contributed by atoms with van der Waals surface area (Å²) in [4.78, 5) is 14.1. The van der Waals surface area contributed by atoms with Gasteiger partial charge in [0.2, 0.25) is 15.9 Å².